The molecule has 0 saturated carbocycles. The first kappa shape index (κ1) is 17.3. The third-order valence-electron chi connectivity index (χ3n) is 4.27. The zero-order valence-corrected chi connectivity index (χ0v) is 14.7. The van der Waals surface area contributed by atoms with Gasteiger partial charge in [-0.05, 0) is 18.6 Å². The maximum Gasteiger partial charge on any atom is 0.317 e. The van der Waals surface area contributed by atoms with Crippen LogP contribution in [0.2, 0.25) is 5.02 Å². The van der Waals surface area contributed by atoms with E-state index >= 15 is 0 Å². The van der Waals surface area contributed by atoms with Gasteiger partial charge in [-0.15, -0.1) is 0 Å². The van der Waals surface area contributed by atoms with Gasteiger partial charge in [0.1, 0.15) is 0 Å². The number of anilines is 1. The number of halogens is 1. The minimum atomic E-state index is -0.215. The van der Waals surface area contributed by atoms with Crippen LogP contribution in [0.5, 0.6) is 0 Å². The second kappa shape index (κ2) is 7.57. The van der Waals surface area contributed by atoms with E-state index in [1.54, 1.807) is 11.1 Å². The van der Waals surface area contributed by atoms with E-state index in [4.69, 9.17) is 11.6 Å². The molecule has 1 aromatic heterocycles. The summed E-state index contributed by atoms with van der Waals surface area (Å²) >= 11 is 6.18. The van der Waals surface area contributed by atoms with Gasteiger partial charge >= 0.3 is 6.03 Å². The number of carbonyl (C=O) groups excluding carboxylic acids is 1. The number of amides is 2. The van der Waals surface area contributed by atoms with Gasteiger partial charge in [-0.2, -0.15) is 0 Å². The molecular formula is C17H20ClN5O2. The van der Waals surface area contributed by atoms with E-state index in [1.165, 1.54) is 6.20 Å². The summed E-state index contributed by atoms with van der Waals surface area (Å²) in [6.45, 7) is 4.08. The molecule has 2 heterocycles. The summed E-state index contributed by atoms with van der Waals surface area (Å²) in [5, 5.41) is 3.61. The number of benzene rings is 1. The third kappa shape index (κ3) is 3.93. The maximum atomic E-state index is 12.5. The molecule has 0 unspecified atom stereocenters. The number of H-pyrrole nitrogens is 1. The zero-order valence-electron chi connectivity index (χ0n) is 13.9. The van der Waals surface area contributed by atoms with E-state index in [0.717, 1.165) is 5.56 Å². The van der Waals surface area contributed by atoms with Crippen LogP contribution >= 0.6 is 11.6 Å². The fourth-order valence-corrected chi connectivity index (χ4v) is 3.17. The van der Waals surface area contributed by atoms with Crippen LogP contribution in [0.4, 0.5) is 10.6 Å². The summed E-state index contributed by atoms with van der Waals surface area (Å²) in [7, 11) is 0. The average Bonchev–Trinajstić information content (AvgIpc) is 2.62. The number of carbonyl (C=O) groups is 1. The van der Waals surface area contributed by atoms with E-state index < -0.39 is 0 Å². The van der Waals surface area contributed by atoms with E-state index in [0.29, 0.717) is 37.0 Å². The molecule has 1 aromatic carbocycles. The molecule has 7 nitrogen and oxygen atoms in total. The topological polar surface area (TPSA) is 81.3 Å². The standard InChI is InChI=1S/C17H20ClN5O2/c1-12(13-4-2-3-5-14(13)18)21-17(25)23-10-8-22(9-11-23)15-16(24)20-7-6-19-15/h2-7,12H,8-11H2,1H3,(H,20,24)(H,21,25)/t12-/m1/s1. The number of aromatic amines is 1. The Hall–Kier alpha value is -2.54. The van der Waals surface area contributed by atoms with Crippen molar-refractivity contribution < 1.29 is 4.79 Å². The largest absolute Gasteiger partial charge is 0.348 e. The molecule has 3 rings (SSSR count). The van der Waals surface area contributed by atoms with Gasteiger partial charge in [0.25, 0.3) is 5.56 Å². The number of hydrogen-bond donors (Lipinski definition) is 2. The number of nitrogens with zero attached hydrogens (tertiary/aromatic N) is 3. The molecule has 0 bridgehead atoms. The number of piperazine rings is 1. The first-order valence-electron chi connectivity index (χ1n) is 8.15. The molecule has 8 heteroatoms. The van der Waals surface area contributed by atoms with Crippen LogP contribution < -0.4 is 15.8 Å². The monoisotopic (exact) mass is 361 g/mol. The molecule has 2 aromatic rings. The lowest BCUT2D eigenvalue weighted by Gasteiger charge is -2.35. The zero-order chi connectivity index (χ0) is 17.8. The van der Waals surface area contributed by atoms with Crippen molar-refractivity contribution in [3.63, 3.8) is 0 Å². The molecule has 1 atom stereocenters. The maximum absolute atomic E-state index is 12.5. The quantitative estimate of drug-likeness (QED) is 0.876. The van der Waals surface area contributed by atoms with Crippen molar-refractivity contribution in [1.82, 2.24) is 20.2 Å². The second-order valence-electron chi connectivity index (χ2n) is 5.91. The Balaban J connectivity index is 1.58. The highest BCUT2D eigenvalue weighted by molar-refractivity contribution is 6.31. The molecule has 1 saturated heterocycles. The molecule has 132 valence electrons. The average molecular weight is 362 g/mol. The minimum absolute atomic E-state index is 0.137. The number of hydrogen-bond acceptors (Lipinski definition) is 4. The van der Waals surface area contributed by atoms with Gasteiger partial charge in [0.2, 0.25) is 0 Å². The Kier molecular flexibility index (Phi) is 5.23. The molecule has 0 spiro atoms. The van der Waals surface area contributed by atoms with Crippen molar-refractivity contribution in [2.75, 3.05) is 31.1 Å². The highest BCUT2D eigenvalue weighted by atomic mass is 35.5. The van der Waals surface area contributed by atoms with Crippen molar-refractivity contribution in [3.05, 3.63) is 57.6 Å². The summed E-state index contributed by atoms with van der Waals surface area (Å²) in [4.78, 5) is 34.6. The van der Waals surface area contributed by atoms with Crippen molar-refractivity contribution in [1.29, 1.82) is 0 Å². The van der Waals surface area contributed by atoms with Gasteiger partial charge in [0.05, 0.1) is 6.04 Å². The fourth-order valence-electron chi connectivity index (χ4n) is 2.87. The van der Waals surface area contributed by atoms with Crippen molar-refractivity contribution in [3.8, 4) is 0 Å². The van der Waals surface area contributed by atoms with E-state index in [-0.39, 0.29) is 17.6 Å². The Bertz CT molecular complexity index is 801. The van der Waals surface area contributed by atoms with E-state index in [9.17, 15) is 9.59 Å². The van der Waals surface area contributed by atoms with Gasteiger partial charge in [-0.3, -0.25) is 4.79 Å². The van der Waals surface area contributed by atoms with Crippen LogP contribution in [-0.4, -0.2) is 47.1 Å². The molecule has 0 radical (unpaired) electrons. The highest BCUT2D eigenvalue weighted by Gasteiger charge is 2.24. The summed E-state index contributed by atoms with van der Waals surface area (Å²) in [5.74, 6) is 0.395. The Morgan fingerprint density at radius 2 is 2.00 bits per heavy atom. The van der Waals surface area contributed by atoms with Gasteiger partial charge in [0, 0.05) is 43.6 Å². The molecule has 1 fully saturated rings. The minimum Gasteiger partial charge on any atom is -0.348 e. The molecular weight excluding hydrogens is 342 g/mol. The first-order valence-corrected chi connectivity index (χ1v) is 8.52. The normalized spacial score (nSPS) is 15.8. The lowest BCUT2D eigenvalue weighted by Crippen LogP contribution is -2.53. The summed E-state index contributed by atoms with van der Waals surface area (Å²) in [6.07, 6.45) is 3.06. The lowest BCUT2D eigenvalue weighted by atomic mass is 10.1. The van der Waals surface area contributed by atoms with Gasteiger partial charge in [0.15, 0.2) is 5.82 Å². The molecule has 1 aliphatic rings. The highest BCUT2D eigenvalue weighted by Crippen LogP contribution is 2.22. The molecule has 2 N–H and O–H groups in total. The number of nitrogens with one attached hydrogen (secondary N) is 2. The van der Waals surface area contributed by atoms with Crippen LogP contribution in [0.15, 0.2) is 41.5 Å². The summed E-state index contributed by atoms with van der Waals surface area (Å²) < 4.78 is 0. The van der Waals surface area contributed by atoms with Crippen molar-refractivity contribution in [2.45, 2.75) is 13.0 Å². The van der Waals surface area contributed by atoms with Crippen molar-refractivity contribution >= 4 is 23.4 Å². The van der Waals surface area contributed by atoms with Crippen LogP contribution in [-0.2, 0) is 0 Å². The Morgan fingerprint density at radius 3 is 2.68 bits per heavy atom. The SMILES string of the molecule is C[C@@H](NC(=O)N1CCN(c2ncc[nH]c2=O)CC1)c1ccccc1Cl. The van der Waals surface area contributed by atoms with Crippen LogP contribution in [0, 0.1) is 0 Å². The summed E-state index contributed by atoms with van der Waals surface area (Å²) in [6, 6.07) is 7.15. The van der Waals surface area contributed by atoms with Crippen molar-refractivity contribution in [2.24, 2.45) is 0 Å². The van der Waals surface area contributed by atoms with E-state index in [2.05, 4.69) is 15.3 Å². The molecule has 2 amide bonds. The molecule has 25 heavy (non-hydrogen) atoms. The molecule has 1 aliphatic heterocycles. The number of rotatable bonds is 3. The number of urea groups is 1. The van der Waals surface area contributed by atoms with Gasteiger partial charge in [-0.25, -0.2) is 9.78 Å². The van der Waals surface area contributed by atoms with E-state index in [1.807, 2.05) is 36.1 Å². The van der Waals surface area contributed by atoms with Crippen LogP contribution in [0.1, 0.15) is 18.5 Å². The first-order chi connectivity index (χ1) is 12.1. The Labute approximate surface area is 150 Å². The smallest absolute Gasteiger partial charge is 0.317 e. The van der Waals surface area contributed by atoms with Crippen LogP contribution in [0.25, 0.3) is 0 Å². The lowest BCUT2D eigenvalue weighted by molar-refractivity contribution is 0.191. The fraction of sp³-hybridized carbons (Fsp3) is 0.353. The van der Waals surface area contributed by atoms with Gasteiger partial charge < -0.3 is 20.1 Å². The summed E-state index contributed by atoms with van der Waals surface area (Å²) in [5.41, 5.74) is 0.670. The third-order valence-corrected chi connectivity index (χ3v) is 4.61. The second-order valence-corrected chi connectivity index (χ2v) is 6.32. The predicted molar refractivity (Wildman–Crippen MR) is 97.0 cm³/mol. The van der Waals surface area contributed by atoms with Crippen LogP contribution in [0.3, 0.4) is 0 Å². The molecule has 0 aliphatic carbocycles. The Morgan fingerprint density at radius 1 is 1.28 bits per heavy atom. The van der Waals surface area contributed by atoms with Gasteiger partial charge in [-0.1, -0.05) is 29.8 Å². The predicted octanol–water partition coefficient (Wildman–Crippen LogP) is 2.02. The number of aromatic nitrogens is 2.